The van der Waals surface area contributed by atoms with Gasteiger partial charge in [-0.3, -0.25) is 4.68 Å². The molecule has 0 amide bonds. The first-order valence-electron chi connectivity index (χ1n) is 8.56. The van der Waals surface area contributed by atoms with Gasteiger partial charge in [-0.25, -0.2) is 9.38 Å². The van der Waals surface area contributed by atoms with E-state index in [0.717, 1.165) is 37.7 Å². The van der Waals surface area contributed by atoms with Gasteiger partial charge in [-0.2, -0.15) is 5.10 Å². The highest BCUT2D eigenvalue weighted by Crippen LogP contribution is 2.16. The highest BCUT2D eigenvalue weighted by molar-refractivity contribution is 14.0. The number of benzene rings is 1. The van der Waals surface area contributed by atoms with Crippen molar-refractivity contribution in [2.24, 2.45) is 12.0 Å². The van der Waals surface area contributed by atoms with Gasteiger partial charge in [0.2, 0.25) is 0 Å². The number of halogens is 2. The zero-order valence-electron chi connectivity index (χ0n) is 15.6. The number of nitrogens with zero attached hydrogens (tertiary/aromatic N) is 4. The minimum absolute atomic E-state index is 0. The second kappa shape index (κ2) is 11.7. The molecule has 1 aromatic heterocycles. The van der Waals surface area contributed by atoms with E-state index in [1.165, 1.54) is 6.07 Å². The van der Waals surface area contributed by atoms with E-state index in [1.54, 1.807) is 18.3 Å². The average molecular weight is 474 g/mol. The Morgan fingerprint density at radius 1 is 1.27 bits per heavy atom. The number of guanidine groups is 1. The lowest BCUT2D eigenvalue weighted by Gasteiger charge is -2.20. The van der Waals surface area contributed by atoms with Crippen LogP contribution in [0.15, 0.2) is 41.5 Å². The Bertz CT molecular complexity index is 688. The summed E-state index contributed by atoms with van der Waals surface area (Å²) in [7, 11) is 3.81. The molecule has 0 unspecified atom stereocenters. The third-order valence-electron chi connectivity index (χ3n) is 3.89. The zero-order chi connectivity index (χ0) is 18.1. The van der Waals surface area contributed by atoms with Crippen molar-refractivity contribution in [2.45, 2.75) is 19.9 Å². The number of rotatable bonds is 8. The van der Waals surface area contributed by atoms with Gasteiger partial charge in [0.05, 0.1) is 17.9 Å². The number of nitrogens with one attached hydrogen (secondary N) is 2. The van der Waals surface area contributed by atoms with Gasteiger partial charge in [0.1, 0.15) is 5.82 Å². The van der Waals surface area contributed by atoms with Crippen molar-refractivity contribution >= 4 is 35.6 Å². The first-order valence-corrected chi connectivity index (χ1v) is 8.56. The third-order valence-corrected chi connectivity index (χ3v) is 3.89. The molecule has 2 N–H and O–H groups in total. The quantitative estimate of drug-likeness (QED) is 0.268. The number of hydrogen-bond acceptors (Lipinski definition) is 3. The molecule has 144 valence electrons. The van der Waals surface area contributed by atoms with Crippen LogP contribution in [0.3, 0.4) is 0 Å². The first kappa shape index (κ1) is 22.2. The Kier molecular flexibility index (Phi) is 10.0. The molecule has 6 nitrogen and oxygen atoms in total. The summed E-state index contributed by atoms with van der Waals surface area (Å²) in [6.45, 7) is 4.92. The van der Waals surface area contributed by atoms with E-state index in [1.807, 2.05) is 42.7 Å². The van der Waals surface area contributed by atoms with Crippen LogP contribution in [-0.4, -0.2) is 42.4 Å². The number of aromatic nitrogens is 2. The van der Waals surface area contributed by atoms with Gasteiger partial charge in [0.15, 0.2) is 5.96 Å². The number of hydrogen-bond donors (Lipinski definition) is 2. The molecule has 0 aliphatic rings. The Morgan fingerprint density at radius 3 is 2.69 bits per heavy atom. The maximum Gasteiger partial charge on any atom is 0.191 e. The number of para-hydroxylation sites is 1. The minimum Gasteiger partial charge on any atom is -0.372 e. The molecule has 26 heavy (non-hydrogen) atoms. The van der Waals surface area contributed by atoms with Gasteiger partial charge in [-0.05, 0) is 31.5 Å². The first-order chi connectivity index (χ1) is 12.1. The minimum atomic E-state index is -0.191. The van der Waals surface area contributed by atoms with E-state index in [9.17, 15) is 4.39 Å². The van der Waals surface area contributed by atoms with E-state index in [4.69, 9.17) is 0 Å². The molecular weight excluding hydrogens is 446 g/mol. The fourth-order valence-corrected chi connectivity index (χ4v) is 2.46. The molecular formula is C18H28FIN6. The van der Waals surface area contributed by atoms with Crippen LogP contribution in [0.4, 0.5) is 10.1 Å². The van der Waals surface area contributed by atoms with Crippen LogP contribution in [0, 0.1) is 5.82 Å². The summed E-state index contributed by atoms with van der Waals surface area (Å²) in [5.41, 5.74) is 1.68. The molecule has 0 fully saturated rings. The number of aliphatic imine (C=N–C) groups is 1. The van der Waals surface area contributed by atoms with Crippen molar-refractivity contribution in [3.05, 3.63) is 48.0 Å². The summed E-state index contributed by atoms with van der Waals surface area (Å²) in [6, 6.07) is 8.79. The molecule has 0 saturated carbocycles. The maximum atomic E-state index is 13.8. The molecule has 0 aliphatic heterocycles. The molecule has 0 spiro atoms. The second-order valence-electron chi connectivity index (χ2n) is 5.79. The largest absolute Gasteiger partial charge is 0.372 e. The van der Waals surface area contributed by atoms with Crippen LogP contribution in [0.2, 0.25) is 0 Å². The third kappa shape index (κ3) is 6.81. The summed E-state index contributed by atoms with van der Waals surface area (Å²) in [5, 5.41) is 10.7. The summed E-state index contributed by atoms with van der Waals surface area (Å²) < 4.78 is 15.6. The Balaban J connectivity index is 0.00000338. The predicted molar refractivity (Wildman–Crippen MR) is 116 cm³/mol. The molecule has 0 radical (unpaired) electrons. The number of anilines is 1. The molecule has 1 heterocycles. The van der Waals surface area contributed by atoms with Crippen molar-refractivity contribution in [1.29, 1.82) is 0 Å². The molecule has 0 saturated heterocycles. The summed E-state index contributed by atoms with van der Waals surface area (Å²) in [5.74, 6) is 0.585. The van der Waals surface area contributed by atoms with Crippen LogP contribution < -0.4 is 15.5 Å². The zero-order valence-corrected chi connectivity index (χ0v) is 17.9. The molecule has 0 bridgehead atoms. The van der Waals surface area contributed by atoms with Crippen LogP contribution >= 0.6 is 24.0 Å². The lowest BCUT2D eigenvalue weighted by Crippen LogP contribution is -2.38. The topological polar surface area (TPSA) is 57.5 Å². The van der Waals surface area contributed by atoms with E-state index < -0.39 is 0 Å². The summed E-state index contributed by atoms with van der Waals surface area (Å²) in [4.78, 5) is 6.49. The Labute approximate surface area is 171 Å². The summed E-state index contributed by atoms with van der Waals surface area (Å²) in [6.07, 6.45) is 2.64. The van der Waals surface area contributed by atoms with Crippen molar-refractivity contribution in [1.82, 2.24) is 20.4 Å². The SMILES string of the molecule is CCNC(=NCc1ccnn1C)NCCCN(C)c1ccccc1F.I. The molecule has 8 heteroatoms. The normalized spacial score (nSPS) is 11.0. The molecule has 2 aromatic rings. The van der Waals surface area contributed by atoms with Crippen LogP contribution in [-0.2, 0) is 13.6 Å². The Hall–Kier alpha value is -1.84. The van der Waals surface area contributed by atoms with E-state index in [-0.39, 0.29) is 29.8 Å². The van der Waals surface area contributed by atoms with E-state index in [0.29, 0.717) is 12.2 Å². The molecule has 1 aromatic carbocycles. The lowest BCUT2D eigenvalue weighted by atomic mass is 10.2. The lowest BCUT2D eigenvalue weighted by molar-refractivity contribution is 0.619. The van der Waals surface area contributed by atoms with Crippen molar-refractivity contribution in [3.63, 3.8) is 0 Å². The fraction of sp³-hybridized carbons (Fsp3) is 0.444. The van der Waals surface area contributed by atoms with Crippen molar-refractivity contribution in [2.75, 3.05) is 31.6 Å². The van der Waals surface area contributed by atoms with E-state index >= 15 is 0 Å². The molecule has 0 aliphatic carbocycles. The van der Waals surface area contributed by atoms with Crippen LogP contribution in [0.5, 0.6) is 0 Å². The monoisotopic (exact) mass is 474 g/mol. The van der Waals surface area contributed by atoms with Gasteiger partial charge < -0.3 is 15.5 Å². The van der Waals surface area contributed by atoms with Crippen molar-refractivity contribution in [3.8, 4) is 0 Å². The standard InChI is InChI=1S/C18H27FN6.HI/c1-4-20-18(22-14-15-10-12-23-25(15)3)21-11-7-13-24(2)17-9-6-5-8-16(17)19;/h5-6,8-10,12H,4,7,11,13-14H2,1-3H3,(H2,20,21,22);1H. The van der Waals surface area contributed by atoms with Crippen molar-refractivity contribution < 1.29 is 4.39 Å². The second-order valence-corrected chi connectivity index (χ2v) is 5.79. The summed E-state index contributed by atoms with van der Waals surface area (Å²) >= 11 is 0. The number of aryl methyl sites for hydroxylation is 1. The highest BCUT2D eigenvalue weighted by Gasteiger charge is 2.06. The maximum absolute atomic E-state index is 13.8. The highest BCUT2D eigenvalue weighted by atomic mass is 127. The van der Waals surface area contributed by atoms with Crippen LogP contribution in [0.25, 0.3) is 0 Å². The van der Waals surface area contributed by atoms with Gasteiger partial charge in [-0.15, -0.1) is 24.0 Å². The molecule has 2 rings (SSSR count). The molecule has 0 atom stereocenters. The van der Waals surface area contributed by atoms with Gasteiger partial charge in [0.25, 0.3) is 0 Å². The van der Waals surface area contributed by atoms with Gasteiger partial charge >= 0.3 is 0 Å². The average Bonchev–Trinajstić information content (AvgIpc) is 3.01. The van der Waals surface area contributed by atoms with Crippen LogP contribution in [0.1, 0.15) is 19.0 Å². The fourth-order valence-electron chi connectivity index (χ4n) is 2.46. The Morgan fingerprint density at radius 2 is 2.04 bits per heavy atom. The van der Waals surface area contributed by atoms with E-state index in [2.05, 4.69) is 20.7 Å². The smallest absolute Gasteiger partial charge is 0.191 e. The van der Waals surface area contributed by atoms with Gasteiger partial charge in [0, 0.05) is 39.9 Å². The predicted octanol–water partition coefficient (Wildman–Crippen LogP) is 2.76. The van der Waals surface area contributed by atoms with Gasteiger partial charge in [-0.1, -0.05) is 12.1 Å².